The summed E-state index contributed by atoms with van der Waals surface area (Å²) in [6, 6.07) is 19.4. The van der Waals surface area contributed by atoms with Crippen LogP contribution in [0.2, 0.25) is 0 Å². The van der Waals surface area contributed by atoms with Crippen LogP contribution >= 0.6 is 0 Å². The molecule has 1 aliphatic rings. The van der Waals surface area contributed by atoms with E-state index in [4.69, 9.17) is 5.26 Å². The lowest BCUT2D eigenvalue weighted by Gasteiger charge is -2.32. The molecule has 136 valence electrons. The third-order valence-corrected chi connectivity index (χ3v) is 5.22. The van der Waals surface area contributed by atoms with E-state index in [0.717, 1.165) is 37.7 Å². The quantitative estimate of drug-likeness (QED) is 0.789. The summed E-state index contributed by atoms with van der Waals surface area (Å²) in [5, 5.41) is 9.04. The summed E-state index contributed by atoms with van der Waals surface area (Å²) in [5.41, 5.74) is 4.86. The van der Waals surface area contributed by atoms with Crippen LogP contribution in [0.15, 0.2) is 48.5 Å². The molecule has 0 saturated carbocycles. The molecule has 2 aromatic carbocycles. The summed E-state index contributed by atoms with van der Waals surface area (Å²) in [6.07, 6.45) is 3.72. The van der Waals surface area contributed by atoms with Gasteiger partial charge in [0.05, 0.1) is 11.6 Å². The largest absolute Gasteiger partial charge is 0.305 e. The van der Waals surface area contributed by atoms with Crippen LogP contribution in [0.3, 0.4) is 0 Å². The molecule has 26 heavy (non-hydrogen) atoms. The van der Waals surface area contributed by atoms with Crippen molar-refractivity contribution in [2.45, 2.75) is 32.4 Å². The predicted octanol–water partition coefficient (Wildman–Crippen LogP) is 4.07. The lowest BCUT2D eigenvalue weighted by Crippen LogP contribution is -2.33. The van der Waals surface area contributed by atoms with E-state index in [2.05, 4.69) is 60.3 Å². The first-order valence-electron chi connectivity index (χ1n) is 9.56. The molecule has 1 saturated heterocycles. The van der Waals surface area contributed by atoms with Crippen LogP contribution in [0.1, 0.15) is 35.1 Å². The van der Waals surface area contributed by atoms with Gasteiger partial charge in [-0.25, -0.2) is 0 Å². The van der Waals surface area contributed by atoms with Crippen molar-refractivity contribution in [1.82, 2.24) is 9.80 Å². The van der Waals surface area contributed by atoms with E-state index in [-0.39, 0.29) is 0 Å². The number of benzene rings is 2. The highest BCUT2D eigenvalue weighted by atomic mass is 15.1. The maximum Gasteiger partial charge on any atom is 0.0991 e. The molecule has 3 heteroatoms. The van der Waals surface area contributed by atoms with Crippen LogP contribution in [-0.2, 0) is 19.5 Å². The Kier molecular flexibility index (Phi) is 6.44. The first kappa shape index (κ1) is 18.6. The smallest absolute Gasteiger partial charge is 0.0991 e. The molecule has 0 unspecified atom stereocenters. The molecule has 0 amide bonds. The fourth-order valence-corrected chi connectivity index (χ4v) is 3.83. The highest BCUT2D eigenvalue weighted by molar-refractivity contribution is 5.32. The molecule has 1 fully saturated rings. The summed E-state index contributed by atoms with van der Waals surface area (Å²) in [5.74, 6) is 0.788. The van der Waals surface area contributed by atoms with Gasteiger partial charge in [0.15, 0.2) is 0 Å². The predicted molar refractivity (Wildman–Crippen MR) is 107 cm³/mol. The van der Waals surface area contributed by atoms with E-state index < -0.39 is 0 Å². The molecular weight excluding hydrogens is 318 g/mol. The van der Waals surface area contributed by atoms with Crippen molar-refractivity contribution in [3.8, 4) is 6.07 Å². The Morgan fingerprint density at radius 2 is 1.69 bits per heavy atom. The Hall–Kier alpha value is -2.15. The maximum absolute atomic E-state index is 9.04. The van der Waals surface area contributed by atoms with E-state index in [0.29, 0.717) is 0 Å². The van der Waals surface area contributed by atoms with E-state index in [9.17, 15) is 0 Å². The average molecular weight is 348 g/mol. The molecule has 3 nitrogen and oxygen atoms in total. The topological polar surface area (TPSA) is 30.3 Å². The summed E-state index contributed by atoms with van der Waals surface area (Å²) in [7, 11) is 4.22. The molecule has 0 atom stereocenters. The lowest BCUT2D eigenvalue weighted by molar-refractivity contribution is 0.177. The zero-order valence-electron chi connectivity index (χ0n) is 16.0. The van der Waals surface area contributed by atoms with Gasteiger partial charge in [-0.3, -0.25) is 4.90 Å². The van der Waals surface area contributed by atoms with Crippen molar-refractivity contribution in [3.63, 3.8) is 0 Å². The van der Waals surface area contributed by atoms with Gasteiger partial charge in [0.25, 0.3) is 0 Å². The van der Waals surface area contributed by atoms with Gasteiger partial charge in [0, 0.05) is 13.1 Å². The normalized spacial score (nSPS) is 15.9. The van der Waals surface area contributed by atoms with Crippen molar-refractivity contribution in [2.75, 3.05) is 27.2 Å². The van der Waals surface area contributed by atoms with E-state index in [1.807, 2.05) is 18.2 Å². The van der Waals surface area contributed by atoms with Gasteiger partial charge in [-0.1, -0.05) is 36.4 Å². The van der Waals surface area contributed by atoms with Crippen LogP contribution in [0, 0.1) is 17.2 Å². The molecule has 0 aliphatic carbocycles. The van der Waals surface area contributed by atoms with Gasteiger partial charge in [-0.15, -0.1) is 0 Å². The van der Waals surface area contributed by atoms with Gasteiger partial charge < -0.3 is 4.90 Å². The Balaban J connectivity index is 1.47. The fraction of sp³-hybridized carbons (Fsp3) is 0.435. The van der Waals surface area contributed by atoms with Crippen LogP contribution < -0.4 is 0 Å². The molecular formula is C23H29N3. The number of rotatable bonds is 6. The third-order valence-electron chi connectivity index (χ3n) is 5.22. The summed E-state index contributed by atoms with van der Waals surface area (Å²) in [6.45, 7) is 4.27. The SMILES string of the molecule is CN(C)Cc1ccc(CC2CCN(Cc3cccc(C#N)c3)CC2)cc1. The van der Waals surface area contributed by atoms with Gasteiger partial charge in [0.1, 0.15) is 0 Å². The van der Waals surface area contributed by atoms with Gasteiger partial charge in [-0.2, -0.15) is 5.26 Å². The minimum absolute atomic E-state index is 0.759. The second-order valence-electron chi connectivity index (χ2n) is 7.79. The minimum Gasteiger partial charge on any atom is -0.305 e. The van der Waals surface area contributed by atoms with Crippen LogP contribution in [-0.4, -0.2) is 37.0 Å². The summed E-state index contributed by atoms with van der Waals surface area (Å²) < 4.78 is 0. The van der Waals surface area contributed by atoms with Crippen molar-refractivity contribution < 1.29 is 0 Å². The van der Waals surface area contributed by atoms with Gasteiger partial charge in [-0.05, 0) is 81.2 Å². The van der Waals surface area contributed by atoms with Gasteiger partial charge in [0.2, 0.25) is 0 Å². The molecule has 2 aromatic rings. The number of nitrogens with zero attached hydrogens (tertiary/aromatic N) is 3. The molecule has 1 aliphatic heterocycles. The number of likely N-dealkylation sites (tertiary alicyclic amines) is 1. The summed E-state index contributed by atoms with van der Waals surface area (Å²) in [4.78, 5) is 4.73. The molecule has 0 aromatic heterocycles. The van der Waals surface area contributed by atoms with E-state index in [1.165, 1.54) is 36.0 Å². The monoisotopic (exact) mass is 347 g/mol. The van der Waals surface area contributed by atoms with Crippen molar-refractivity contribution in [2.24, 2.45) is 5.92 Å². The molecule has 0 bridgehead atoms. The first-order valence-corrected chi connectivity index (χ1v) is 9.56. The Morgan fingerprint density at radius 3 is 2.35 bits per heavy atom. The van der Waals surface area contributed by atoms with Crippen molar-refractivity contribution >= 4 is 0 Å². The molecule has 3 rings (SSSR count). The molecule has 0 spiro atoms. The second kappa shape index (κ2) is 8.98. The number of nitriles is 1. The Labute approximate surface area is 157 Å². The number of hydrogen-bond donors (Lipinski definition) is 0. The van der Waals surface area contributed by atoms with Crippen LogP contribution in [0.5, 0.6) is 0 Å². The molecule has 1 heterocycles. The second-order valence-corrected chi connectivity index (χ2v) is 7.79. The average Bonchev–Trinajstić information content (AvgIpc) is 2.65. The van der Waals surface area contributed by atoms with Crippen molar-refractivity contribution in [1.29, 1.82) is 5.26 Å². The third kappa shape index (κ3) is 5.42. The Bertz CT molecular complexity index is 735. The zero-order chi connectivity index (χ0) is 18.4. The maximum atomic E-state index is 9.04. The zero-order valence-corrected chi connectivity index (χ0v) is 16.0. The first-order chi connectivity index (χ1) is 12.6. The molecule has 0 radical (unpaired) electrons. The Morgan fingerprint density at radius 1 is 1.00 bits per heavy atom. The van der Waals surface area contributed by atoms with Gasteiger partial charge >= 0.3 is 0 Å². The van der Waals surface area contributed by atoms with Crippen LogP contribution in [0.25, 0.3) is 0 Å². The van der Waals surface area contributed by atoms with Crippen molar-refractivity contribution in [3.05, 3.63) is 70.8 Å². The number of hydrogen-bond acceptors (Lipinski definition) is 3. The standard InChI is InChI=1S/C23H29N3/c1-25(2)17-21-8-6-19(7-9-21)14-20-10-12-26(13-11-20)18-23-5-3-4-22(15-23)16-24/h3-9,15,20H,10-14,17-18H2,1-2H3. The summed E-state index contributed by atoms with van der Waals surface area (Å²) >= 11 is 0. The molecule has 0 N–H and O–H groups in total. The lowest BCUT2D eigenvalue weighted by atomic mass is 9.89. The van der Waals surface area contributed by atoms with E-state index >= 15 is 0 Å². The highest BCUT2D eigenvalue weighted by Gasteiger charge is 2.19. The minimum atomic E-state index is 0.759. The van der Waals surface area contributed by atoms with Crippen LogP contribution in [0.4, 0.5) is 0 Å². The van der Waals surface area contributed by atoms with E-state index in [1.54, 1.807) is 0 Å². The number of piperidine rings is 1. The fourth-order valence-electron chi connectivity index (χ4n) is 3.83. The highest BCUT2D eigenvalue weighted by Crippen LogP contribution is 2.23.